The van der Waals surface area contributed by atoms with E-state index in [1.165, 1.54) is 11.8 Å². The molecule has 6 nitrogen and oxygen atoms in total. The molecule has 0 aliphatic carbocycles. The molecular weight excluding hydrogens is 322 g/mol. The van der Waals surface area contributed by atoms with E-state index >= 15 is 0 Å². The summed E-state index contributed by atoms with van der Waals surface area (Å²) in [6, 6.07) is 13.3. The van der Waals surface area contributed by atoms with Crippen LogP contribution in [0.15, 0.2) is 58.8 Å². The van der Waals surface area contributed by atoms with Crippen LogP contribution in [0.1, 0.15) is 18.8 Å². The molecule has 7 heteroatoms. The number of amidine groups is 1. The summed E-state index contributed by atoms with van der Waals surface area (Å²) >= 11 is 1.49. The highest BCUT2D eigenvalue weighted by Crippen LogP contribution is 2.29. The van der Waals surface area contributed by atoms with E-state index in [0.717, 1.165) is 22.0 Å². The fraction of sp³-hybridized carbons (Fsp3) is 0.176. The first-order chi connectivity index (χ1) is 11.8. The predicted molar refractivity (Wildman–Crippen MR) is 93.2 cm³/mol. The summed E-state index contributed by atoms with van der Waals surface area (Å²) < 4.78 is 0. The Morgan fingerprint density at radius 3 is 2.83 bits per heavy atom. The molecule has 2 aliphatic heterocycles. The van der Waals surface area contributed by atoms with E-state index in [-0.39, 0.29) is 5.91 Å². The molecule has 0 fully saturated rings. The van der Waals surface area contributed by atoms with Crippen molar-refractivity contribution >= 4 is 28.5 Å². The highest BCUT2D eigenvalue weighted by Gasteiger charge is 2.34. The van der Waals surface area contributed by atoms with Gasteiger partial charge in [0.15, 0.2) is 11.3 Å². The average molecular weight is 337 g/mol. The second kappa shape index (κ2) is 6.09. The normalized spacial score (nSPS) is 19.0. The lowest BCUT2D eigenvalue weighted by molar-refractivity contribution is -0.116. The Kier molecular flexibility index (Phi) is 3.78. The smallest absolute Gasteiger partial charge is 0.276 e. The molecule has 2 aliphatic rings. The van der Waals surface area contributed by atoms with Crippen LogP contribution in [0.2, 0.25) is 0 Å². The molecular formula is C17H15N5OS. The van der Waals surface area contributed by atoms with E-state index in [9.17, 15) is 4.79 Å². The van der Waals surface area contributed by atoms with Crippen LogP contribution in [0.3, 0.4) is 0 Å². The predicted octanol–water partition coefficient (Wildman–Crippen LogP) is 0.978. The number of nitrogens with one attached hydrogen (secondary N) is 1. The van der Waals surface area contributed by atoms with Crippen molar-refractivity contribution < 1.29 is 4.79 Å². The van der Waals surface area contributed by atoms with Crippen LogP contribution in [0.25, 0.3) is 5.70 Å². The quantitative estimate of drug-likeness (QED) is 0.887. The molecule has 2 aromatic rings. The minimum Gasteiger partial charge on any atom is -0.298 e. The molecule has 1 atom stereocenters. The van der Waals surface area contributed by atoms with Gasteiger partial charge in [-0.05, 0) is 24.0 Å². The van der Waals surface area contributed by atoms with E-state index < -0.39 is 6.17 Å². The monoisotopic (exact) mass is 337 g/mol. The third-order valence-electron chi connectivity index (χ3n) is 3.75. The zero-order valence-electron chi connectivity index (χ0n) is 13.0. The topological polar surface area (TPSA) is 70.0 Å². The van der Waals surface area contributed by atoms with Crippen molar-refractivity contribution in [2.24, 2.45) is 10.1 Å². The van der Waals surface area contributed by atoms with Gasteiger partial charge in [-0.2, -0.15) is 0 Å². The van der Waals surface area contributed by atoms with E-state index in [0.29, 0.717) is 10.9 Å². The van der Waals surface area contributed by atoms with E-state index in [1.54, 1.807) is 11.2 Å². The number of carbonyl (C=O) groups excluding carboxylic acids is 1. The van der Waals surface area contributed by atoms with Crippen molar-refractivity contribution in [3.63, 3.8) is 0 Å². The van der Waals surface area contributed by atoms with Crippen molar-refractivity contribution in [3.8, 4) is 0 Å². The Morgan fingerprint density at radius 1 is 1.21 bits per heavy atom. The SMILES string of the molecule is CCSC1=NN2C(=c3ccccc3=NC2c2ccccn2)C(=O)N1. The minimum atomic E-state index is -0.449. The highest BCUT2D eigenvalue weighted by atomic mass is 32.2. The van der Waals surface area contributed by atoms with Crippen LogP contribution in [-0.4, -0.2) is 26.8 Å². The molecule has 3 heterocycles. The lowest BCUT2D eigenvalue weighted by Crippen LogP contribution is -2.50. The van der Waals surface area contributed by atoms with Gasteiger partial charge >= 0.3 is 0 Å². The number of fused-ring (bicyclic) bond motifs is 2. The number of carbonyl (C=O) groups is 1. The van der Waals surface area contributed by atoms with Crippen LogP contribution >= 0.6 is 11.8 Å². The van der Waals surface area contributed by atoms with Crippen LogP contribution in [0.4, 0.5) is 0 Å². The largest absolute Gasteiger partial charge is 0.298 e. The van der Waals surface area contributed by atoms with Gasteiger partial charge in [0.05, 0.1) is 11.1 Å². The number of pyridine rings is 1. The van der Waals surface area contributed by atoms with Gasteiger partial charge in [0, 0.05) is 11.4 Å². The highest BCUT2D eigenvalue weighted by molar-refractivity contribution is 8.13. The summed E-state index contributed by atoms with van der Waals surface area (Å²) in [5, 5.41) is 11.3. The Hall–Kier alpha value is -2.67. The van der Waals surface area contributed by atoms with Crippen molar-refractivity contribution in [3.05, 3.63) is 64.9 Å². The van der Waals surface area contributed by atoms with Crippen LogP contribution < -0.4 is 15.9 Å². The molecule has 1 unspecified atom stereocenters. The first-order valence-electron chi connectivity index (χ1n) is 7.68. The molecule has 4 rings (SSSR count). The van der Waals surface area contributed by atoms with Gasteiger partial charge < -0.3 is 0 Å². The average Bonchev–Trinajstić information content (AvgIpc) is 2.62. The van der Waals surface area contributed by atoms with Crippen LogP contribution in [-0.2, 0) is 4.79 Å². The molecule has 1 aromatic heterocycles. The van der Waals surface area contributed by atoms with Gasteiger partial charge in [-0.25, -0.2) is 5.01 Å². The minimum absolute atomic E-state index is 0.163. The summed E-state index contributed by atoms with van der Waals surface area (Å²) in [4.78, 5) is 21.9. The Balaban J connectivity index is 1.96. The number of hydrazone groups is 1. The standard InChI is InChI=1S/C17H15N5OS/c1-2-24-17-20-16(23)14-11-7-3-4-8-12(11)19-15(22(14)21-17)13-9-5-6-10-18-13/h3-10,15H,2H2,1H3,(H,20,21,23). The summed E-state index contributed by atoms with van der Waals surface area (Å²) in [5.74, 6) is 0.661. The first kappa shape index (κ1) is 14.9. The fourth-order valence-electron chi connectivity index (χ4n) is 2.75. The maximum atomic E-state index is 12.7. The third kappa shape index (κ3) is 2.46. The number of hydrogen-bond donors (Lipinski definition) is 1. The number of para-hydroxylation sites is 1. The molecule has 1 amide bonds. The Bertz CT molecular complexity index is 941. The van der Waals surface area contributed by atoms with Gasteiger partial charge in [0.1, 0.15) is 5.70 Å². The van der Waals surface area contributed by atoms with E-state index in [1.807, 2.05) is 49.4 Å². The molecule has 0 bridgehead atoms. The number of benzene rings is 1. The summed E-state index contributed by atoms with van der Waals surface area (Å²) in [6.07, 6.45) is 1.27. The maximum absolute atomic E-state index is 12.7. The molecule has 0 spiro atoms. The second-order valence-corrected chi connectivity index (χ2v) is 6.51. The number of nitrogens with zero attached hydrogens (tertiary/aromatic N) is 4. The number of hydrogen-bond acceptors (Lipinski definition) is 6. The van der Waals surface area contributed by atoms with Crippen LogP contribution in [0.5, 0.6) is 0 Å². The Labute approximate surface area is 143 Å². The molecule has 0 saturated carbocycles. The van der Waals surface area contributed by atoms with E-state index in [4.69, 9.17) is 4.99 Å². The first-order valence-corrected chi connectivity index (χ1v) is 8.66. The zero-order chi connectivity index (χ0) is 16.5. The number of rotatable bonds is 2. The second-order valence-electron chi connectivity index (χ2n) is 5.26. The molecule has 120 valence electrons. The molecule has 24 heavy (non-hydrogen) atoms. The lowest BCUT2D eigenvalue weighted by Gasteiger charge is -2.33. The maximum Gasteiger partial charge on any atom is 0.276 e. The van der Waals surface area contributed by atoms with Crippen molar-refractivity contribution in [2.45, 2.75) is 13.1 Å². The lowest BCUT2D eigenvalue weighted by atomic mass is 10.1. The van der Waals surface area contributed by atoms with Gasteiger partial charge in [0.2, 0.25) is 0 Å². The molecule has 0 radical (unpaired) electrons. The molecule has 1 N–H and O–H groups in total. The molecule has 0 saturated heterocycles. The summed E-state index contributed by atoms with van der Waals surface area (Å²) in [5.41, 5.74) is 1.26. The van der Waals surface area contributed by atoms with E-state index in [2.05, 4.69) is 15.4 Å². The van der Waals surface area contributed by atoms with Gasteiger partial charge in [-0.15, -0.1) is 5.10 Å². The number of amides is 1. The Morgan fingerprint density at radius 2 is 2.04 bits per heavy atom. The van der Waals surface area contributed by atoms with Gasteiger partial charge in [0.25, 0.3) is 5.91 Å². The van der Waals surface area contributed by atoms with Crippen LogP contribution in [0, 0.1) is 0 Å². The number of aromatic nitrogens is 1. The van der Waals surface area contributed by atoms with Crippen molar-refractivity contribution in [2.75, 3.05) is 5.75 Å². The van der Waals surface area contributed by atoms with Gasteiger partial charge in [-0.1, -0.05) is 43.0 Å². The van der Waals surface area contributed by atoms with Gasteiger partial charge in [-0.3, -0.25) is 20.1 Å². The van der Waals surface area contributed by atoms with Crippen molar-refractivity contribution in [1.29, 1.82) is 0 Å². The fourth-order valence-corrected chi connectivity index (χ4v) is 3.33. The van der Waals surface area contributed by atoms with Crippen molar-refractivity contribution in [1.82, 2.24) is 15.3 Å². The third-order valence-corrected chi connectivity index (χ3v) is 4.49. The number of thioether (sulfide) groups is 1. The summed E-state index contributed by atoms with van der Waals surface area (Å²) in [6.45, 7) is 2.02. The zero-order valence-corrected chi connectivity index (χ0v) is 13.8. The molecule has 1 aromatic carbocycles. The summed E-state index contributed by atoms with van der Waals surface area (Å²) in [7, 11) is 0.